The number of rotatable bonds is 14. The lowest BCUT2D eigenvalue weighted by Gasteiger charge is -2.35. The van der Waals surface area contributed by atoms with E-state index in [9.17, 15) is 28.2 Å². The standard InChI is InChI=1S/C32H37F3N4O5/c1-20-8-5-6-11-23(20)22-14-16-26-25(18-22)39-29(43-26)28(40)24(15-13-21-9-3-2-4-10-21)38-19-31(42,27(37)12-7-17-36)44-30(41)32(33,34)35/h2-6,8-11,14,16,18,24,27-28,38,40,42H,7,12-13,15,17,19,36-37H2,1H3/t24-,27-,28+,31+/m1/s1. The molecule has 0 fully saturated rings. The van der Waals surface area contributed by atoms with Crippen molar-refractivity contribution in [1.82, 2.24) is 10.3 Å². The fourth-order valence-electron chi connectivity index (χ4n) is 4.95. The van der Waals surface area contributed by atoms with E-state index in [-0.39, 0.29) is 31.7 Å². The average Bonchev–Trinajstić information content (AvgIpc) is 3.43. The van der Waals surface area contributed by atoms with Gasteiger partial charge in [0.2, 0.25) is 11.7 Å². The molecule has 1 aromatic heterocycles. The molecule has 7 N–H and O–H groups in total. The summed E-state index contributed by atoms with van der Waals surface area (Å²) >= 11 is 0. The van der Waals surface area contributed by atoms with Gasteiger partial charge in [0.25, 0.3) is 0 Å². The molecule has 0 spiro atoms. The molecule has 4 atom stereocenters. The van der Waals surface area contributed by atoms with Crippen LogP contribution in [0, 0.1) is 6.92 Å². The zero-order chi connectivity index (χ0) is 31.9. The minimum atomic E-state index is -5.36. The highest BCUT2D eigenvalue weighted by molar-refractivity contribution is 5.81. The lowest BCUT2D eigenvalue weighted by atomic mass is 9.98. The van der Waals surface area contributed by atoms with Crippen molar-refractivity contribution >= 4 is 17.1 Å². The molecule has 0 aliphatic rings. The van der Waals surface area contributed by atoms with Gasteiger partial charge in [0.05, 0.1) is 12.6 Å². The van der Waals surface area contributed by atoms with Gasteiger partial charge in [-0.15, -0.1) is 0 Å². The van der Waals surface area contributed by atoms with Crippen LogP contribution in [0.4, 0.5) is 13.2 Å². The van der Waals surface area contributed by atoms with E-state index < -0.39 is 42.7 Å². The molecule has 1 heterocycles. The molecule has 44 heavy (non-hydrogen) atoms. The zero-order valence-corrected chi connectivity index (χ0v) is 24.3. The number of aliphatic hydroxyl groups excluding tert-OH is 1. The molecule has 0 aliphatic carbocycles. The van der Waals surface area contributed by atoms with E-state index in [1.54, 1.807) is 6.07 Å². The number of esters is 1. The number of aromatic nitrogens is 1. The number of ether oxygens (including phenoxy) is 1. The number of carbonyl (C=O) groups is 1. The third-order valence-corrected chi connectivity index (χ3v) is 7.50. The number of benzene rings is 3. The highest BCUT2D eigenvalue weighted by Crippen LogP contribution is 2.30. The van der Waals surface area contributed by atoms with Crippen molar-refractivity contribution in [3.05, 3.63) is 89.8 Å². The van der Waals surface area contributed by atoms with Crippen LogP contribution in [0.25, 0.3) is 22.2 Å². The van der Waals surface area contributed by atoms with Gasteiger partial charge in [-0.25, -0.2) is 9.78 Å². The first-order chi connectivity index (χ1) is 20.9. The number of aliphatic hydroxyl groups is 2. The summed E-state index contributed by atoms with van der Waals surface area (Å²) in [6, 6.07) is 20.4. The molecule has 0 aliphatic heterocycles. The molecule has 3 aromatic carbocycles. The Bertz CT molecular complexity index is 1530. The third-order valence-electron chi connectivity index (χ3n) is 7.50. The van der Waals surface area contributed by atoms with Gasteiger partial charge in [-0.1, -0.05) is 60.7 Å². The van der Waals surface area contributed by atoms with Crippen molar-refractivity contribution in [3.63, 3.8) is 0 Å². The maximum Gasteiger partial charge on any atom is 0.491 e. The number of hydrogen-bond donors (Lipinski definition) is 5. The molecule has 0 amide bonds. The Hall–Kier alpha value is -3.81. The first-order valence-electron chi connectivity index (χ1n) is 14.3. The molecule has 4 rings (SSSR count). The Labute approximate surface area is 253 Å². The number of alkyl halides is 3. The van der Waals surface area contributed by atoms with Crippen LogP contribution < -0.4 is 16.8 Å². The Morgan fingerprint density at radius 1 is 1.07 bits per heavy atom. The van der Waals surface area contributed by atoms with Crippen molar-refractivity contribution in [2.75, 3.05) is 13.1 Å². The molecular formula is C32H37F3N4O5. The first-order valence-corrected chi connectivity index (χ1v) is 14.3. The molecule has 4 aromatic rings. The highest BCUT2D eigenvalue weighted by Gasteiger charge is 2.48. The van der Waals surface area contributed by atoms with Crippen LogP contribution >= 0.6 is 0 Å². The summed E-state index contributed by atoms with van der Waals surface area (Å²) in [5, 5.41) is 25.4. The molecular weight excluding hydrogens is 577 g/mol. The molecule has 0 saturated heterocycles. The quantitative estimate of drug-likeness (QED) is 0.103. The highest BCUT2D eigenvalue weighted by atomic mass is 19.4. The Kier molecular flexibility index (Phi) is 10.8. The summed E-state index contributed by atoms with van der Waals surface area (Å²) in [7, 11) is 0. The molecule has 9 nitrogen and oxygen atoms in total. The normalized spacial score (nSPS) is 15.5. The number of nitrogens with one attached hydrogen (secondary N) is 1. The fourth-order valence-corrected chi connectivity index (χ4v) is 4.95. The van der Waals surface area contributed by atoms with Gasteiger partial charge in [-0.3, -0.25) is 0 Å². The van der Waals surface area contributed by atoms with E-state index in [0.29, 0.717) is 17.5 Å². The van der Waals surface area contributed by atoms with Gasteiger partial charge in [-0.2, -0.15) is 13.2 Å². The van der Waals surface area contributed by atoms with Crippen LogP contribution in [0.1, 0.15) is 42.4 Å². The van der Waals surface area contributed by atoms with Gasteiger partial charge in [-0.05, 0) is 73.5 Å². The van der Waals surface area contributed by atoms with Gasteiger partial charge in [0, 0.05) is 6.04 Å². The molecule has 12 heteroatoms. The van der Waals surface area contributed by atoms with E-state index >= 15 is 0 Å². The first kappa shape index (κ1) is 33.1. The summed E-state index contributed by atoms with van der Waals surface area (Å²) in [5.41, 5.74) is 16.4. The molecule has 0 radical (unpaired) electrons. The summed E-state index contributed by atoms with van der Waals surface area (Å²) in [6.45, 7) is 1.44. The van der Waals surface area contributed by atoms with Crippen LogP contribution in [0.2, 0.25) is 0 Å². The number of nitrogens with two attached hydrogens (primary N) is 2. The number of oxazole rings is 1. The van der Waals surface area contributed by atoms with Crippen LogP contribution in [-0.2, 0) is 16.0 Å². The Morgan fingerprint density at radius 3 is 2.45 bits per heavy atom. The SMILES string of the molecule is Cc1ccccc1-c1ccc2oc([C@@H](O)[C@@H](CCc3ccccc3)NC[C@](O)(OC(=O)C(F)(F)F)[C@H](N)CCCN)nc2c1. The average molecular weight is 615 g/mol. The lowest BCUT2D eigenvalue weighted by molar-refractivity contribution is -0.253. The monoisotopic (exact) mass is 614 g/mol. The second-order valence-electron chi connectivity index (χ2n) is 10.8. The van der Waals surface area contributed by atoms with E-state index in [1.165, 1.54) is 0 Å². The Balaban J connectivity index is 1.61. The molecule has 0 bridgehead atoms. The van der Waals surface area contributed by atoms with E-state index in [1.807, 2.05) is 73.7 Å². The van der Waals surface area contributed by atoms with Crippen LogP contribution in [0.3, 0.4) is 0 Å². The van der Waals surface area contributed by atoms with E-state index in [0.717, 1.165) is 22.3 Å². The smallest absolute Gasteiger partial charge is 0.438 e. The summed E-state index contributed by atoms with van der Waals surface area (Å²) in [4.78, 5) is 16.2. The van der Waals surface area contributed by atoms with Crippen molar-refractivity contribution in [2.45, 2.75) is 62.8 Å². The minimum Gasteiger partial charge on any atom is -0.438 e. The van der Waals surface area contributed by atoms with E-state index in [4.69, 9.17) is 15.9 Å². The van der Waals surface area contributed by atoms with Crippen molar-refractivity contribution in [3.8, 4) is 11.1 Å². The van der Waals surface area contributed by atoms with Crippen LogP contribution in [0.15, 0.2) is 77.2 Å². The molecule has 0 unspecified atom stereocenters. The second-order valence-corrected chi connectivity index (χ2v) is 10.8. The summed E-state index contributed by atoms with van der Waals surface area (Å²) < 4.78 is 49.7. The lowest BCUT2D eigenvalue weighted by Crippen LogP contribution is -2.60. The number of aryl methyl sites for hydroxylation is 2. The zero-order valence-electron chi connectivity index (χ0n) is 24.3. The molecule has 0 saturated carbocycles. The van der Waals surface area contributed by atoms with Crippen molar-refractivity contribution in [1.29, 1.82) is 0 Å². The maximum absolute atomic E-state index is 13.1. The van der Waals surface area contributed by atoms with Crippen LogP contribution in [-0.4, -0.2) is 58.3 Å². The van der Waals surface area contributed by atoms with Gasteiger partial charge in [0.1, 0.15) is 11.6 Å². The number of carbonyl (C=O) groups excluding carboxylic acids is 1. The summed E-state index contributed by atoms with van der Waals surface area (Å²) in [5.74, 6) is -5.37. The topological polar surface area (TPSA) is 157 Å². The van der Waals surface area contributed by atoms with Gasteiger partial charge in [0.15, 0.2) is 5.58 Å². The predicted octanol–water partition coefficient (Wildman–Crippen LogP) is 4.29. The predicted molar refractivity (Wildman–Crippen MR) is 159 cm³/mol. The Morgan fingerprint density at radius 2 is 1.77 bits per heavy atom. The van der Waals surface area contributed by atoms with E-state index in [2.05, 4.69) is 15.0 Å². The second kappa shape index (κ2) is 14.3. The van der Waals surface area contributed by atoms with Crippen molar-refractivity contribution in [2.24, 2.45) is 11.5 Å². The number of halogens is 3. The minimum absolute atomic E-state index is 0.0224. The largest absolute Gasteiger partial charge is 0.491 e. The maximum atomic E-state index is 13.1. The van der Waals surface area contributed by atoms with Crippen LogP contribution in [0.5, 0.6) is 0 Å². The van der Waals surface area contributed by atoms with Crippen molar-refractivity contribution < 1.29 is 37.3 Å². The summed E-state index contributed by atoms with van der Waals surface area (Å²) in [6.07, 6.45) is -5.81. The number of nitrogens with zero attached hydrogens (tertiary/aromatic N) is 1. The molecule has 236 valence electrons. The third kappa shape index (κ3) is 8.21. The van der Waals surface area contributed by atoms with Gasteiger partial charge >= 0.3 is 12.1 Å². The number of fused-ring (bicyclic) bond motifs is 1. The fraction of sp³-hybridized carbons (Fsp3) is 0.375. The number of hydrogen-bond acceptors (Lipinski definition) is 9. The van der Waals surface area contributed by atoms with Gasteiger partial charge < -0.3 is 36.2 Å².